The number of anilines is 1. The largest absolute Gasteiger partial charge is 0.449 e. The Hall–Kier alpha value is -3.75. The number of nitrogens with two attached hydrogens (primary N) is 1. The summed E-state index contributed by atoms with van der Waals surface area (Å²) in [7, 11) is 0. The molecule has 3 N–H and O–H groups in total. The molecule has 0 saturated carbocycles. The molecule has 9 nitrogen and oxygen atoms in total. The minimum atomic E-state index is -1.04. The van der Waals surface area contributed by atoms with Crippen molar-refractivity contribution >= 4 is 34.5 Å². The predicted octanol–water partition coefficient (Wildman–Crippen LogP) is 2.60. The summed E-state index contributed by atoms with van der Waals surface area (Å²) in [6.45, 7) is 7.20. The fraction of sp³-hybridized carbons (Fsp3) is 0.286. The van der Waals surface area contributed by atoms with Crippen LogP contribution in [-0.4, -0.2) is 38.7 Å². The smallest absolute Gasteiger partial charge is 0.339 e. The predicted molar refractivity (Wildman–Crippen MR) is 111 cm³/mol. The lowest BCUT2D eigenvalue weighted by Gasteiger charge is -2.14. The molecule has 3 aromatic rings. The van der Waals surface area contributed by atoms with Crippen molar-refractivity contribution in [2.24, 2.45) is 5.73 Å². The molecule has 1 atom stereocenters. The van der Waals surface area contributed by atoms with E-state index in [4.69, 9.17) is 10.5 Å². The number of carbonyl (C=O) groups is 3. The van der Waals surface area contributed by atoms with Gasteiger partial charge >= 0.3 is 5.97 Å². The normalized spacial score (nSPS) is 12.0. The molecular formula is C21H23N5O4. The van der Waals surface area contributed by atoms with Gasteiger partial charge in [0, 0.05) is 23.0 Å². The number of rotatable bonds is 6. The minimum Gasteiger partial charge on any atom is -0.449 e. The van der Waals surface area contributed by atoms with E-state index in [1.807, 2.05) is 13.8 Å². The highest BCUT2D eigenvalue weighted by Crippen LogP contribution is 2.22. The second-order valence-electron chi connectivity index (χ2n) is 7.21. The number of aryl methyl sites for hydroxylation is 1. The number of benzene rings is 1. The second kappa shape index (κ2) is 8.32. The summed E-state index contributed by atoms with van der Waals surface area (Å²) >= 11 is 0. The number of carbonyl (C=O) groups excluding carboxylic acids is 3. The van der Waals surface area contributed by atoms with Crippen molar-refractivity contribution in [3.63, 3.8) is 0 Å². The van der Waals surface area contributed by atoms with E-state index >= 15 is 0 Å². The number of hydrogen-bond acceptors (Lipinski definition) is 6. The Kier molecular flexibility index (Phi) is 5.81. The number of hydrogen-bond donors (Lipinski definition) is 2. The first kappa shape index (κ1) is 21.0. The number of nitrogens with one attached hydrogen (secondary N) is 1. The molecule has 1 aromatic carbocycles. The lowest BCUT2D eigenvalue weighted by molar-refractivity contribution is -0.123. The molecule has 0 bridgehead atoms. The van der Waals surface area contributed by atoms with Gasteiger partial charge in [-0.25, -0.2) is 14.5 Å². The van der Waals surface area contributed by atoms with Gasteiger partial charge in [0.05, 0.1) is 17.1 Å². The van der Waals surface area contributed by atoms with Crippen LogP contribution in [0.5, 0.6) is 0 Å². The summed E-state index contributed by atoms with van der Waals surface area (Å²) in [5.74, 6) is -1.70. The van der Waals surface area contributed by atoms with Crippen molar-refractivity contribution in [2.75, 3.05) is 5.32 Å². The molecule has 2 heterocycles. The van der Waals surface area contributed by atoms with Gasteiger partial charge in [0.1, 0.15) is 0 Å². The van der Waals surface area contributed by atoms with Crippen LogP contribution in [-0.2, 0) is 9.53 Å². The maximum atomic E-state index is 12.8. The van der Waals surface area contributed by atoms with Crippen LogP contribution in [0.15, 0.2) is 36.5 Å². The fourth-order valence-corrected chi connectivity index (χ4v) is 2.93. The first-order chi connectivity index (χ1) is 14.2. The van der Waals surface area contributed by atoms with Gasteiger partial charge in [-0.2, -0.15) is 5.10 Å². The van der Waals surface area contributed by atoms with Gasteiger partial charge in [0.25, 0.3) is 5.91 Å². The highest BCUT2D eigenvalue weighted by molar-refractivity contribution is 6.04. The number of aromatic nitrogens is 3. The fourth-order valence-electron chi connectivity index (χ4n) is 2.93. The maximum absolute atomic E-state index is 12.8. The number of esters is 1. The SMILES string of the molecule is Cc1cc(C(=O)OC(C)C(=O)Nc2ccc(C(N)=O)cc2)c2cnn(C(C)C)c2n1. The molecule has 0 aliphatic heterocycles. The third-order valence-corrected chi connectivity index (χ3v) is 4.49. The Bertz CT molecular complexity index is 1120. The van der Waals surface area contributed by atoms with Crippen molar-refractivity contribution in [1.82, 2.24) is 14.8 Å². The van der Waals surface area contributed by atoms with E-state index in [0.717, 1.165) is 0 Å². The molecule has 30 heavy (non-hydrogen) atoms. The summed E-state index contributed by atoms with van der Waals surface area (Å²) in [5.41, 5.74) is 7.50. The number of ether oxygens (including phenoxy) is 1. The van der Waals surface area contributed by atoms with E-state index < -0.39 is 23.9 Å². The van der Waals surface area contributed by atoms with E-state index in [1.54, 1.807) is 36.0 Å². The summed E-state index contributed by atoms with van der Waals surface area (Å²) in [6.07, 6.45) is 0.528. The number of primary amides is 1. The van der Waals surface area contributed by atoms with E-state index in [1.165, 1.54) is 19.1 Å². The molecule has 2 amide bonds. The highest BCUT2D eigenvalue weighted by Gasteiger charge is 2.23. The van der Waals surface area contributed by atoms with Crippen LogP contribution in [0.2, 0.25) is 0 Å². The molecule has 0 aliphatic carbocycles. The zero-order valence-corrected chi connectivity index (χ0v) is 17.2. The molecule has 1 unspecified atom stereocenters. The minimum absolute atomic E-state index is 0.0753. The van der Waals surface area contributed by atoms with Crippen LogP contribution in [0.4, 0.5) is 5.69 Å². The first-order valence-electron chi connectivity index (χ1n) is 9.44. The maximum Gasteiger partial charge on any atom is 0.339 e. The van der Waals surface area contributed by atoms with Crippen molar-refractivity contribution in [2.45, 2.75) is 39.8 Å². The zero-order chi connectivity index (χ0) is 22.0. The van der Waals surface area contributed by atoms with Crippen LogP contribution in [0.25, 0.3) is 11.0 Å². The van der Waals surface area contributed by atoms with Crippen LogP contribution < -0.4 is 11.1 Å². The summed E-state index contributed by atoms with van der Waals surface area (Å²) in [5, 5.41) is 7.50. The molecule has 3 rings (SSSR count). The highest BCUT2D eigenvalue weighted by atomic mass is 16.5. The van der Waals surface area contributed by atoms with E-state index in [0.29, 0.717) is 33.5 Å². The van der Waals surface area contributed by atoms with Gasteiger partial charge in [-0.1, -0.05) is 0 Å². The Morgan fingerprint density at radius 3 is 2.40 bits per heavy atom. The molecule has 0 saturated heterocycles. The molecule has 2 aromatic heterocycles. The van der Waals surface area contributed by atoms with Gasteiger partial charge in [-0.05, 0) is 58.0 Å². The quantitative estimate of drug-likeness (QED) is 0.602. The number of pyridine rings is 1. The zero-order valence-electron chi connectivity index (χ0n) is 17.2. The Morgan fingerprint density at radius 1 is 1.13 bits per heavy atom. The van der Waals surface area contributed by atoms with Gasteiger partial charge < -0.3 is 15.8 Å². The third kappa shape index (κ3) is 4.29. The van der Waals surface area contributed by atoms with E-state index in [2.05, 4.69) is 15.4 Å². The molecular weight excluding hydrogens is 386 g/mol. The van der Waals surface area contributed by atoms with Crippen LogP contribution in [0.1, 0.15) is 53.2 Å². The van der Waals surface area contributed by atoms with Crippen molar-refractivity contribution < 1.29 is 19.1 Å². The summed E-state index contributed by atoms with van der Waals surface area (Å²) < 4.78 is 7.10. The Balaban J connectivity index is 1.75. The Morgan fingerprint density at radius 2 is 1.80 bits per heavy atom. The topological polar surface area (TPSA) is 129 Å². The van der Waals surface area contributed by atoms with Crippen LogP contribution in [0.3, 0.4) is 0 Å². The van der Waals surface area contributed by atoms with Crippen molar-refractivity contribution in [3.05, 3.63) is 53.3 Å². The molecule has 9 heteroatoms. The van der Waals surface area contributed by atoms with Crippen LogP contribution in [0, 0.1) is 6.92 Å². The average Bonchev–Trinajstić information content (AvgIpc) is 3.11. The molecule has 0 aliphatic rings. The molecule has 0 spiro atoms. The average molecular weight is 409 g/mol. The second-order valence-corrected chi connectivity index (χ2v) is 7.21. The standard InChI is InChI=1S/C21H23N5O4/c1-11(2)26-19-17(10-23-26)16(9-12(3)24-19)21(29)30-13(4)20(28)25-15-7-5-14(6-8-15)18(22)27/h5-11,13H,1-4H3,(H2,22,27)(H,25,28). The monoisotopic (exact) mass is 409 g/mol. The van der Waals surface area contributed by atoms with Gasteiger partial charge in [-0.15, -0.1) is 0 Å². The van der Waals surface area contributed by atoms with E-state index in [-0.39, 0.29) is 6.04 Å². The van der Waals surface area contributed by atoms with E-state index in [9.17, 15) is 14.4 Å². The lowest BCUT2D eigenvalue weighted by atomic mass is 10.1. The molecule has 0 radical (unpaired) electrons. The van der Waals surface area contributed by atoms with Crippen LogP contribution >= 0.6 is 0 Å². The first-order valence-corrected chi connectivity index (χ1v) is 9.44. The molecule has 156 valence electrons. The third-order valence-electron chi connectivity index (χ3n) is 4.49. The number of nitrogens with zero attached hydrogens (tertiary/aromatic N) is 3. The number of fused-ring (bicyclic) bond motifs is 1. The lowest BCUT2D eigenvalue weighted by Crippen LogP contribution is -2.30. The van der Waals surface area contributed by atoms with Crippen molar-refractivity contribution in [3.8, 4) is 0 Å². The van der Waals surface area contributed by atoms with Gasteiger partial charge in [0.2, 0.25) is 5.91 Å². The summed E-state index contributed by atoms with van der Waals surface area (Å²) in [4.78, 5) is 40.8. The van der Waals surface area contributed by atoms with Crippen molar-refractivity contribution in [1.29, 1.82) is 0 Å². The van der Waals surface area contributed by atoms with Gasteiger partial charge in [0.15, 0.2) is 11.8 Å². The van der Waals surface area contributed by atoms with Gasteiger partial charge in [-0.3, -0.25) is 9.59 Å². The number of amides is 2. The molecule has 0 fully saturated rings. The Labute approximate surface area is 173 Å². The summed E-state index contributed by atoms with van der Waals surface area (Å²) in [6, 6.07) is 7.77.